The topological polar surface area (TPSA) is 70.0 Å². The van der Waals surface area contributed by atoms with Gasteiger partial charge in [-0.2, -0.15) is 0 Å². The zero-order valence-corrected chi connectivity index (χ0v) is 12.7. The maximum atomic E-state index is 11.3. The summed E-state index contributed by atoms with van der Waals surface area (Å²) in [4.78, 5) is 12.6. The quantitative estimate of drug-likeness (QED) is 0.879. The molecule has 2 rings (SSSR count). The van der Waals surface area contributed by atoms with Crippen LogP contribution in [-0.2, 0) is 4.74 Å². The maximum Gasteiger partial charge on any atom is 0.407 e. The minimum absolute atomic E-state index is 0.155. The molecule has 0 aromatic heterocycles. The van der Waals surface area contributed by atoms with Gasteiger partial charge >= 0.3 is 6.09 Å². The van der Waals surface area contributed by atoms with Gasteiger partial charge in [0, 0.05) is 6.54 Å². The molecule has 0 bridgehead atoms. The predicted molar refractivity (Wildman–Crippen MR) is 79.1 cm³/mol. The van der Waals surface area contributed by atoms with Gasteiger partial charge in [0.05, 0.1) is 13.2 Å². The lowest BCUT2D eigenvalue weighted by Gasteiger charge is -2.52. The van der Waals surface area contributed by atoms with E-state index in [0.29, 0.717) is 6.54 Å². The molecule has 0 saturated carbocycles. The number of hydrogen-bond acceptors (Lipinski definition) is 3. The number of ether oxygens (including phenoxy) is 1. The molecule has 21 heavy (non-hydrogen) atoms. The summed E-state index contributed by atoms with van der Waals surface area (Å²) >= 11 is 0. The summed E-state index contributed by atoms with van der Waals surface area (Å²) in [6.45, 7) is 6.66. The second-order valence-electron chi connectivity index (χ2n) is 6.51. The third-order valence-corrected chi connectivity index (χ3v) is 4.24. The summed E-state index contributed by atoms with van der Waals surface area (Å²) < 4.78 is 5.97. The molecular formula is C16H23NO4. The van der Waals surface area contributed by atoms with Gasteiger partial charge in [-0.25, -0.2) is 4.79 Å². The fraction of sp³-hybridized carbons (Fsp3) is 0.562. The smallest absolute Gasteiger partial charge is 0.407 e. The number of benzene rings is 1. The summed E-state index contributed by atoms with van der Waals surface area (Å²) in [6.07, 6.45) is -1.87. The lowest BCUT2D eigenvalue weighted by Crippen LogP contribution is -2.62. The van der Waals surface area contributed by atoms with Gasteiger partial charge in [-0.1, -0.05) is 51.1 Å². The fourth-order valence-electron chi connectivity index (χ4n) is 2.84. The summed E-state index contributed by atoms with van der Waals surface area (Å²) in [5.74, 6) is 0. The highest BCUT2D eigenvalue weighted by atomic mass is 16.5. The van der Waals surface area contributed by atoms with Gasteiger partial charge in [-0.15, -0.1) is 0 Å². The molecule has 2 N–H and O–H groups in total. The zero-order chi connectivity index (χ0) is 15.7. The molecule has 1 aromatic rings. The number of carbonyl (C=O) groups is 1. The molecule has 1 amide bonds. The van der Waals surface area contributed by atoms with Gasteiger partial charge in [0.15, 0.2) is 0 Å². The first-order chi connectivity index (χ1) is 9.78. The maximum absolute atomic E-state index is 11.3. The van der Waals surface area contributed by atoms with Crippen molar-refractivity contribution in [2.45, 2.75) is 32.5 Å². The highest BCUT2D eigenvalue weighted by Gasteiger charge is 2.53. The molecule has 5 nitrogen and oxygen atoms in total. The van der Waals surface area contributed by atoms with Crippen molar-refractivity contribution in [3.05, 3.63) is 35.9 Å². The minimum Gasteiger partial charge on any atom is -0.465 e. The molecule has 0 radical (unpaired) electrons. The van der Waals surface area contributed by atoms with E-state index < -0.39 is 23.2 Å². The molecule has 0 spiro atoms. The Morgan fingerprint density at radius 3 is 2.48 bits per heavy atom. The van der Waals surface area contributed by atoms with Crippen molar-refractivity contribution in [2.24, 2.45) is 5.41 Å². The minimum atomic E-state index is -0.979. The van der Waals surface area contributed by atoms with Crippen molar-refractivity contribution in [1.29, 1.82) is 0 Å². The van der Waals surface area contributed by atoms with Gasteiger partial charge in [0.25, 0.3) is 0 Å². The monoisotopic (exact) mass is 293 g/mol. The van der Waals surface area contributed by atoms with Gasteiger partial charge in [-0.3, -0.25) is 0 Å². The lowest BCUT2D eigenvalue weighted by atomic mass is 9.70. The predicted octanol–water partition coefficient (Wildman–Crippen LogP) is 2.52. The van der Waals surface area contributed by atoms with Gasteiger partial charge in [0.2, 0.25) is 0 Å². The normalized spacial score (nSPS) is 24.7. The number of carboxylic acid groups (broad SMARTS) is 1. The molecule has 1 saturated heterocycles. The zero-order valence-electron chi connectivity index (χ0n) is 12.7. The molecule has 0 unspecified atom stereocenters. The molecular weight excluding hydrogens is 270 g/mol. The van der Waals surface area contributed by atoms with E-state index in [-0.39, 0.29) is 13.2 Å². The van der Waals surface area contributed by atoms with Crippen LogP contribution in [0, 0.1) is 5.41 Å². The SMILES string of the molecule is CC(C)(C)[C@]1([C@H](O)c2ccccc2)CN(C(=O)O)CCO1. The number of amides is 1. The Kier molecular flexibility index (Phi) is 4.25. The average molecular weight is 293 g/mol. The average Bonchev–Trinajstić information content (AvgIpc) is 2.46. The summed E-state index contributed by atoms with van der Waals surface area (Å²) in [5, 5.41) is 20.2. The van der Waals surface area contributed by atoms with Crippen molar-refractivity contribution in [3.8, 4) is 0 Å². The van der Waals surface area contributed by atoms with E-state index in [0.717, 1.165) is 5.56 Å². The molecule has 116 valence electrons. The van der Waals surface area contributed by atoms with Gasteiger partial charge < -0.3 is 19.8 Å². The van der Waals surface area contributed by atoms with Crippen molar-refractivity contribution in [1.82, 2.24) is 4.90 Å². The molecule has 1 aliphatic rings. The van der Waals surface area contributed by atoms with E-state index in [2.05, 4.69) is 0 Å². The third-order valence-electron chi connectivity index (χ3n) is 4.24. The number of morpholine rings is 1. The van der Waals surface area contributed by atoms with E-state index in [9.17, 15) is 15.0 Å². The van der Waals surface area contributed by atoms with Gasteiger partial charge in [0.1, 0.15) is 11.7 Å². The Bertz CT molecular complexity index is 497. The molecule has 2 atom stereocenters. The Balaban J connectivity index is 2.41. The van der Waals surface area contributed by atoms with Crippen LogP contribution in [0.1, 0.15) is 32.4 Å². The third kappa shape index (κ3) is 2.89. The van der Waals surface area contributed by atoms with E-state index in [1.165, 1.54) is 4.90 Å². The summed E-state index contributed by atoms with van der Waals surface area (Å²) in [5.41, 5.74) is -0.652. The Labute approximate surface area is 125 Å². The van der Waals surface area contributed by atoms with Crippen LogP contribution in [0.2, 0.25) is 0 Å². The van der Waals surface area contributed by atoms with E-state index in [1.807, 2.05) is 51.1 Å². The van der Waals surface area contributed by atoms with Crippen LogP contribution < -0.4 is 0 Å². The van der Waals surface area contributed by atoms with Crippen LogP contribution in [0.25, 0.3) is 0 Å². The molecule has 0 aliphatic carbocycles. The van der Waals surface area contributed by atoms with Crippen LogP contribution in [0.15, 0.2) is 30.3 Å². The fourth-order valence-corrected chi connectivity index (χ4v) is 2.84. The number of aliphatic hydroxyl groups is 1. The highest BCUT2D eigenvalue weighted by Crippen LogP contribution is 2.45. The van der Waals surface area contributed by atoms with E-state index in [4.69, 9.17) is 4.74 Å². The largest absolute Gasteiger partial charge is 0.465 e. The number of aliphatic hydroxyl groups excluding tert-OH is 1. The van der Waals surface area contributed by atoms with Crippen LogP contribution in [-0.4, -0.2) is 46.5 Å². The first-order valence-corrected chi connectivity index (χ1v) is 7.13. The van der Waals surface area contributed by atoms with Crippen molar-refractivity contribution in [3.63, 3.8) is 0 Å². The van der Waals surface area contributed by atoms with Crippen molar-refractivity contribution in [2.75, 3.05) is 19.7 Å². The Hall–Kier alpha value is -1.59. The molecule has 1 fully saturated rings. The van der Waals surface area contributed by atoms with E-state index >= 15 is 0 Å². The molecule has 1 heterocycles. The van der Waals surface area contributed by atoms with Crippen LogP contribution in [0.3, 0.4) is 0 Å². The van der Waals surface area contributed by atoms with Crippen molar-refractivity contribution < 1.29 is 19.7 Å². The first-order valence-electron chi connectivity index (χ1n) is 7.13. The van der Waals surface area contributed by atoms with Crippen LogP contribution in [0.5, 0.6) is 0 Å². The molecule has 1 aromatic carbocycles. The Morgan fingerprint density at radius 2 is 1.95 bits per heavy atom. The van der Waals surface area contributed by atoms with E-state index in [1.54, 1.807) is 0 Å². The molecule has 5 heteroatoms. The number of nitrogens with zero attached hydrogens (tertiary/aromatic N) is 1. The number of hydrogen-bond donors (Lipinski definition) is 2. The lowest BCUT2D eigenvalue weighted by molar-refractivity contribution is -0.213. The van der Waals surface area contributed by atoms with Crippen LogP contribution in [0.4, 0.5) is 4.79 Å². The standard InChI is InChI=1S/C16H23NO4/c1-15(2,3)16(11-17(14(19)20)9-10-21-16)13(18)12-7-5-4-6-8-12/h4-8,13,18H,9-11H2,1-3H3,(H,19,20)/t13-,16-/m1/s1. The molecule has 1 aliphatic heterocycles. The number of rotatable bonds is 2. The first kappa shape index (κ1) is 15.8. The Morgan fingerprint density at radius 1 is 1.33 bits per heavy atom. The van der Waals surface area contributed by atoms with Crippen LogP contribution >= 0.6 is 0 Å². The summed E-state index contributed by atoms with van der Waals surface area (Å²) in [6, 6.07) is 9.26. The van der Waals surface area contributed by atoms with Crippen molar-refractivity contribution >= 4 is 6.09 Å². The summed E-state index contributed by atoms with van der Waals surface area (Å²) in [7, 11) is 0. The second-order valence-corrected chi connectivity index (χ2v) is 6.51. The second kappa shape index (κ2) is 5.66. The highest BCUT2D eigenvalue weighted by molar-refractivity contribution is 5.65. The van der Waals surface area contributed by atoms with Gasteiger partial charge in [-0.05, 0) is 11.0 Å².